The summed E-state index contributed by atoms with van der Waals surface area (Å²) in [6.45, 7) is 9.32. The third kappa shape index (κ3) is 3.44. The standard InChI is InChI=1S/C12H22O3Si/c1-9(2)16(3,4)7-5-6-10-8-11(13)15-12(10)14/h9-10H,5-8H2,1-4H3. The van der Waals surface area contributed by atoms with Crippen molar-refractivity contribution in [2.45, 2.75) is 57.8 Å². The fourth-order valence-corrected chi connectivity index (χ4v) is 3.53. The number of carbonyl (C=O) groups is 2. The van der Waals surface area contributed by atoms with E-state index in [1.165, 1.54) is 6.04 Å². The molecule has 0 radical (unpaired) electrons. The molecule has 1 unspecified atom stereocenters. The summed E-state index contributed by atoms with van der Waals surface area (Å²) in [5.41, 5.74) is 0.768. The van der Waals surface area contributed by atoms with Crippen LogP contribution in [0.2, 0.25) is 24.7 Å². The highest BCUT2D eigenvalue weighted by Crippen LogP contribution is 2.29. The molecular formula is C12H22O3Si. The first-order chi connectivity index (χ1) is 7.33. The zero-order chi connectivity index (χ0) is 12.3. The number of hydrogen-bond acceptors (Lipinski definition) is 3. The van der Waals surface area contributed by atoms with Crippen LogP contribution in [0.1, 0.15) is 33.1 Å². The normalized spacial score (nSPS) is 21.7. The van der Waals surface area contributed by atoms with Gasteiger partial charge in [-0.1, -0.05) is 44.9 Å². The van der Waals surface area contributed by atoms with E-state index in [0.29, 0.717) is 6.42 Å². The van der Waals surface area contributed by atoms with Crippen LogP contribution < -0.4 is 0 Å². The van der Waals surface area contributed by atoms with Crippen LogP contribution >= 0.6 is 0 Å². The summed E-state index contributed by atoms with van der Waals surface area (Å²) < 4.78 is 4.54. The van der Waals surface area contributed by atoms with E-state index in [-0.39, 0.29) is 17.9 Å². The van der Waals surface area contributed by atoms with Gasteiger partial charge < -0.3 is 4.74 Å². The minimum Gasteiger partial charge on any atom is -0.393 e. The monoisotopic (exact) mass is 242 g/mol. The summed E-state index contributed by atoms with van der Waals surface area (Å²) in [4.78, 5) is 22.1. The number of ether oxygens (including phenoxy) is 1. The van der Waals surface area contributed by atoms with E-state index in [1.54, 1.807) is 0 Å². The van der Waals surface area contributed by atoms with E-state index in [2.05, 4.69) is 31.7 Å². The van der Waals surface area contributed by atoms with Crippen molar-refractivity contribution in [3.63, 3.8) is 0 Å². The molecule has 1 saturated heterocycles. The minimum absolute atomic E-state index is 0.163. The van der Waals surface area contributed by atoms with Gasteiger partial charge >= 0.3 is 11.9 Å². The third-order valence-corrected chi connectivity index (χ3v) is 8.67. The van der Waals surface area contributed by atoms with Gasteiger partial charge in [-0.25, -0.2) is 0 Å². The Kier molecular flexibility index (Phi) is 4.30. The van der Waals surface area contributed by atoms with Crippen LogP contribution in [0.15, 0.2) is 0 Å². The number of hydrogen-bond donors (Lipinski definition) is 0. The van der Waals surface area contributed by atoms with Crippen LogP contribution in [0.5, 0.6) is 0 Å². The van der Waals surface area contributed by atoms with Crippen LogP contribution in [0, 0.1) is 5.92 Å². The predicted molar refractivity (Wildman–Crippen MR) is 65.8 cm³/mol. The maximum atomic E-state index is 11.2. The lowest BCUT2D eigenvalue weighted by atomic mass is 10.0. The molecule has 0 saturated carbocycles. The summed E-state index contributed by atoms with van der Waals surface area (Å²) in [6.07, 6.45) is 2.15. The van der Waals surface area contributed by atoms with Crippen LogP contribution in [-0.2, 0) is 14.3 Å². The van der Waals surface area contributed by atoms with E-state index < -0.39 is 8.07 Å². The van der Waals surface area contributed by atoms with Crippen molar-refractivity contribution in [3.8, 4) is 0 Å². The van der Waals surface area contributed by atoms with Crippen molar-refractivity contribution in [1.82, 2.24) is 0 Å². The summed E-state index contributed by atoms with van der Waals surface area (Å²) in [5, 5.41) is 0. The molecule has 0 aromatic rings. The molecule has 1 aliphatic rings. The second kappa shape index (κ2) is 5.12. The van der Waals surface area contributed by atoms with Crippen molar-refractivity contribution in [2.75, 3.05) is 0 Å². The number of esters is 2. The summed E-state index contributed by atoms with van der Waals surface area (Å²) in [6, 6.07) is 1.22. The molecule has 16 heavy (non-hydrogen) atoms. The zero-order valence-electron chi connectivity index (χ0n) is 10.7. The van der Waals surface area contributed by atoms with Crippen molar-refractivity contribution in [3.05, 3.63) is 0 Å². The third-order valence-electron chi connectivity index (χ3n) is 3.90. The van der Waals surface area contributed by atoms with Gasteiger partial charge in [0.25, 0.3) is 0 Å². The zero-order valence-corrected chi connectivity index (χ0v) is 11.7. The Hall–Kier alpha value is -0.643. The molecule has 1 atom stereocenters. The first kappa shape index (κ1) is 13.4. The molecular weight excluding hydrogens is 220 g/mol. The highest BCUT2D eigenvalue weighted by atomic mass is 28.3. The summed E-state index contributed by atoms with van der Waals surface area (Å²) in [7, 11) is -1.13. The maximum absolute atomic E-state index is 11.2. The first-order valence-corrected chi connectivity index (χ1v) is 9.36. The molecule has 1 aliphatic heterocycles. The Morgan fingerprint density at radius 1 is 1.38 bits per heavy atom. The van der Waals surface area contributed by atoms with E-state index in [9.17, 15) is 9.59 Å². The maximum Gasteiger partial charge on any atom is 0.317 e. The average Bonchev–Trinajstić information content (AvgIpc) is 2.44. The van der Waals surface area contributed by atoms with Crippen LogP contribution in [-0.4, -0.2) is 20.0 Å². The van der Waals surface area contributed by atoms with E-state index in [0.717, 1.165) is 18.4 Å². The van der Waals surface area contributed by atoms with Crippen molar-refractivity contribution >= 4 is 20.0 Å². The van der Waals surface area contributed by atoms with Crippen LogP contribution in [0.3, 0.4) is 0 Å². The van der Waals surface area contributed by atoms with E-state index >= 15 is 0 Å². The Labute approximate surface area is 98.6 Å². The fourth-order valence-electron chi connectivity index (χ4n) is 1.83. The summed E-state index contributed by atoms with van der Waals surface area (Å²) >= 11 is 0. The number of rotatable bonds is 5. The molecule has 1 fully saturated rings. The number of carbonyl (C=O) groups excluding carboxylic acids is 2. The van der Waals surface area contributed by atoms with Crippen molar-refractivity contribution < 1.29 is 14.3 Å². The lowest BCUT2D eigenvalue weighted by Gasteiger charge is -2.27. The first-order valence-electron chi connectivity index (χ1n) is 6.07. The highest BCUT2D eigenvalue weighted by molar-refractivity contribution is 6.78. The predicted octanol–water partition coefficient (Wildman–Crippen LogP) is 2.97. The molecule has 0 N–H and O–H groups in total. The lowest BCUT2D eigenvalue weighted by molar-refractivity contribution is -0.153. The van der Waals surface area contributed by atoms with Gasteiger partial charge in [-0.05, 0) is 6.42 Å². The van der Waals surface area contributed by atoms with Gasteiger partial charge in [-0.15, -0.1) is 0 Å². The molecule has 0 aromatic heterocycles. The fraction of sp³-hybridized carbons (Fsp3) is 0.833. The molecule has 0 aromatic carbocycles. The second-order valence-electron chi connectivity index (χ2n) is 5.73. The number of cyclic esters (lactones) is 2. The van der Waals surface area contributed by atoms with Gasteiger partial charge in [-0.3, -0.25) is 9.59 Å². The van der Waals surface area contributed by atoms with E-state index in [4.69, 9.17) is 0 Å². The molecule has 0 spiro atoms. The van der Waals surface area contributed by atoms with Crippen LogP contribution in [0.25, 0.3) is 0 Å². The van der Waals surface area contributed by atoms with E-state index in [1.807, 2.05) is 0 Å². The Morgan fingerprint density at radius 3 is 2.44 bits per heavy atom. The SMILES string of the molecule is CC(C)[Si](C)(C)CCCC1CC(=O)OC1=O. The second-order valence-corrected chi connectivity index (χ2v) is 11.4. The highest BCUT2D eigenvalue weighted by Gasteiger charge is 2.33. The smallest absolute Gasteiger partial charge is 0.317 e. The van der Waals surface area contributed by atoms with Gasteiger partial charge in [0.1, 0.15) is 0 Å². The molecule has 0 bridgehead atoms. The van der Waals surface area contributed by atoms with Gasteiger partial charge in [0.2, 0.25) is 0 Å². The summed E-state index contributed by atoms with van der Waals surface area (Å²) in [5.74, 6) is -0.825. The van der Waals surface area contributed by atoms with Gasteiger partial charge in [-0.2, -0.15) is 0 Å². The van der Waals surface area contributed by atoms with Crippen molar-refractivity contribution in [1.29, 1.82) is 0 Å². The van der Waals surface area contributed by atoms with Crippen molar-refractivity contribution in [2.24, 2.45) is 5.92 Å². The van der Waals surface area contributed by atoms with Gasteiger partial charge in [0.05, 0.1) is 12.3 Å². The topological polar surface area (TPSA) is 43.4 Å². The Balaban J connectivity index is 2.31. The Bertz CT molecular complexity index is 284. The Morgan fingerprint density at radius 2 is 2.00 bits per heavy atom. The molecule has 3 nitrogen and oxygen atoms in total. The van der Waals surface area contributed by atoms with Gasteiger partial charge in [0.15, 0.2) is 0 Å². The molecule has 92 valence electrons. The molecule has 4 heteroatoms. The average molecular weight is 242 g/mol. The molecule has 1 rings (SSSR count). The quantitative estimate of drug-likeness (QED) is 0.423. The lowest BCUT2D eigenvalue weighted by Crippen LogP contribution is -2.29. The van der Waals surface area contributed by atoms with Crippen LogP contribution in [0.4, 0.5) is 0 Å². The minimum atomic E-state index is -1.13. The van der Waals surface area contributed by atoms with Gasteiger partial charge in [0, 0.05) is 8.07 Å². The largest absolute Gasteiger partial charge is 0.393 e. The molecule has 0 aliphatic carbocycles. The molecule has 1 heterocycles. The molecule has 0 amide bonds.